The van der Waals surface area contributed by atoms with Crippen LogP contribution in [0.15, 0.2) is 74.4 Å². The Morgan fingerprint density at radius 2 is 0.250 bits per heavy atom. The third kappa shape index (κ3) is 4.46. The van der Waals surface area contributed by atoms with Gasteiger partial charge in [0.25, 0.3) is 0 Å². The normalized spacial score (nSPS) is 10.2. The van der Waals surface area contributed by atoms with Crippen LogP contribution >= 0.6 is 0 Å². The lowest BCUT2D eigenvalue weighted by Crippen LogP contribution is -1.94. The van der Waals surface area contributed by atoms with Gasteiger partial charge < -0.3 is 21.9 Å². The van der Waals surface area contributed by atoms with Crippen LogP contribution in [0.1, 0.15) is 0 Å². The summed E-state index contributed by atoms with van der Waals surface area (Å²) in [6.45, 7) is 0. The maximum absolute atomic E-state index is 4.33. The Morgan fingerprint density at radius 1 is 0.175 bits per heavy atom. The summed E-state index contributed by atoms with van der Waals surface area (Å²) in [5.41, 5.74) is 8.43. The molecule has 0 fully saturated rings. The first kappa shape index (κ1) is 28.9. The van der Waals surface area contributed by atoms with Gasteiger partial charge in [-0.05, 0) is 0 Å². The molecule has 0 aliphatic rings. The largest absolute Gasteiger partial charge is 0.412 e. The lowest BCUT2D eigenvalue weighted by Gasteiger charge is -2.04. The van der Waals surface area contributed by atoms with Crippen LogP contribution in [0, 0.1) is 0 Å². The van der Waals surface area contributed by atoms with Crippen LogP contribution in [0.5, 0.6) is 0 Å². The number of hydrogen-bond acceptors (Lipinski definition) is 12. The first-order chi connectivity index (χ1) is 17.9. The molecular weight excluding hydrogens is 520 g/mol. The van der Waals surface area contributed by atoms with Crippen molar-refractivity contribution in [2.45, 2.75) is 0 Å². The van der Waals surface area contributed by atoms with Gasteiger partial charge in [0.2, 0.25) is 0 Å². The lowest BCUT2D eigenvalue weighted by atomic mass is 10.2. The highest BCUT2D eigenvalue weighted by atomic mass is 16.0. The van der Waals surface area contributed by atoms with Crippen molar-refractivity contribution in [2.75, 3.05) is 0 Å². The highest BCUT2D eigenvalue weighted by Crippen LogP contribution is 2.28. The van der Waals surface area contributed by atoms with E-state index >= 15 is 0 Å². The summed E-state index contributed by atoms with van der Waals surface area (Å²) >= 11 is 0. The quantitative estimate of drug-likeness (QED) is 0.225. The van der Waals surface area contributed by atoms with Gasteiger partial charge in [0.1, 0.15) is 66.2 Å². The Labute approximate surface area is 222 Å². The molecule has 0 bridgehead atoms. The number of aromatic nitrogens is 12. The van der Waals surface area contributed by atoms with Crippen molar-refractivity contribution in [3.05, 3.63) is 74.4 Å². The maximum Gasteiger partial charge on any atom is 0.119 e. The number of rotatable bonds is 0. The molecule has 6 heterocycles. The van der Waals surface area contributed by atoms with E-state index in [1.807, 2.05) is 0 Å². The molecule has 0 radical (unpaired) electrons. The van der Waals surface area contributed by atoms with E-state index in [1.54, 1.807) is 74.4 Å². The first-order valence-electron chi connectivity index (χ1n) is 10.8. The highest BCUT2D eigenvalue weighted by Gasteiger charge is 2.14. The molecule has 200 valence electrons. The number of hydrogen-bond donors (Lipinski definition) is 0. The topological polar surface area (TPSA) is 281 Å². The zero-order valence-corrected chi connectivity index (χ0v) is 20.3. The van der Waals surface area contributed by atoms with Crippen molar-refractivity contribution in [3.8, 4) is 0 Å². The van der Waals surface area contributed by atoms with E-state index in [-0.39, 0.29) is 21.9 Å². The van der Waals surface area contributed by atoms with E-state index in [0.717, 1.165) is 0 Å². The molecule has 0 aliphatic heterocycles. The van der Waals surface area contributed by atoms with E-state index in [4.69, 9.17) is 0 Å². The molecule has 0 saturated carbocycles. The molecule has 8 N–H and O–H groups in total. The van der Waals surface area contributed by atoms with E-state index in [1.165, 1.54) is 0 Å². The highest BCUT2D eigenvalue weighted by molar-refractivity contribution is 6.18. The minimum atomic E-state index is 0. The van der Waals surface area contributed by atoms with Gasteiger partial charge in [-0.15, -0.1) is 0 Å². The predicted molar refractivity (Wildman–Crippen MR) is 146 cm³/mol. The Hall–Kier alpha value is -5.68. The molecule has 0 saturated heterocycles. The molecule has 40 heavy (non-hydrogen) atoms. The maximum atomic E-state index is 4.33. The monoisotopic (exact) mass is 540 g/mol. The van der Waals surface area contributed by atoms with Crippen LogP contribution in [0.4, 0.5) is 0 Å². The van der Waals surface area contributed by atoms with Gasteiger partial charge in [0.05, 0.1) is 0 Å². The van der Waals surface area contributed by atoms with Gasteiger partial charge in [-0.2, -0.15) is 0 Å². The molecule has 2 aromatic carbocycles. The van der Waals surface area contributed by atoms with Crippen LogP contribution < -0.4 is 0 Å². The summed E-state index contributed by atoms with van der Waals surface area (Å²) in [4.78, 5) is 51.9. The summed E-state index contributed by atoms with van der Waals surface area (Å²) in [6.07, 6.45) is 19.7. The van der Waals surface area contributed by atoms with Crippen LogP contribution in [-0.4, -0.2) is 81.7 Å². The summed E-state index contributed by atoms with van der Waals surface area (Å²) in [5.74, 6) is 0. The SMILES string of the molecule is O.O.O.O.c1cnc2c(n1)c1nccnc1c1nccnc21.c1cnc2c(n1)c1nccnc1c1nccnc21. The minimum absolute atomic E-state index is 0. The molecule has 0 atom stereocenters. The Balaban J connectivity index is 0.000000200. The van der Waals surface area contributed by atoms with Crippen molar-refractivity contribution < 1.29 is 21.9 Å². The summed E-state index contributed by atoms with van der Waals surface area (Å²) in [7, 11) is 0. The van der Waals surface area contributed by atoms with E-state index in [2.05, 4.69) is 59.8 Å². The van der Waals surface area contributed by atoms with E-state index in [0.29, 0.717) is 66.2 Å². The molecule has 16 heteroatoms. The molecule has 8 aromatic rings. The number of benzene rings is 2. The van der Waals surface area contributed by atoms with Crippen LogP contribution in [-0.2, 0) is 0 Å². The summed E-state index contributed by atoms with van der Waals surface area (Å²) in [6, 6.07) is 0. The van der Waals surface area contributed by atoms with Crippen molar-refractivity contribution in [2.24, 2.45) is 0 Å². The Kier molecular flexibility index (Phi) is 8.52. The van der Waals surface area contributed by atoms with Gasteiger partial charge in [-0.3, -0.25) is 59.8 Å². The van der Waals surface area contributed by atoms with Crippen LogP contribution in [0.2, 0.25) is 0 Å². The second kappa shape index (κ2) is 11.8. The van der Waals surface area contributed by atoms with Gasteiger partial charge >= 0.3 is 0 Å². The zero-order chi connectivity index (χ0) is 23.9. The van der Waals surface area contributed by atoms with Crippen molar-refractivity contribution in [3.63, 3.8) is 0 Å². The second-order valence-electron chi connectivity index (χ2n) is 7.52. The zero-order valence-electron chi connectivity index (χ0n) is 20.3. The molecule has 8 rings (SSSR count). The Bertz CT molecular complexity index is 1510. The fourth-order valence-electron chi connectivity index (χ4n) is 4.11. The lowest BCUT2D eigenvalue weighted by molar-refractivity contribution is 0.823. The standard InChI is InChI=1S/2C12H6N6.4H2O/c2*1-2-14-8-7(13-1)9-11(17-4-3-15-9)12-10(8)16-5-6-18-12;;;;/h2*1-6H;4*1H2. The predicted octanol–water partition coefficient (Wildman–Crippen LogP) is -0.266. The average molecular weight is 541 g/mol. The smallest absolute Gasteiger partial charge is 0.119 e. The Morgan fingerprint density at radius 3 is 0.325 bits per heavy atom. The fourth-order valence-corrected chi connectivity index (χ4v) is 4.11. The van der Waals surface area contributed by atoms with Gasteiger partial charge in [0.15, 0.2) is 0 Å². The molecular formula is C24H20N12O4. The van der Waals surface area contributed by atoms with Crippen LogP contribution in [0.25, 0.3) is 66.2 Å². The van der Waals surface area contributed by atoms with E-state index in [9.17, 15) is 0 Å². The molecule has 6 aromatic heterocycles. The van der Waals surface area contributed by atoms with Gasteiger partial charge in [-0.25, -0.2) is 0 Å². The number of nitrogens with zero attached hydrogens (tertiary/aromatic N) is 12. The van der Waals surface area contributed by atoms with E-state index < -0.39 is 0 Å². The fraction of sp³-hybridized carbons (Fsp3) is 0. The molecule has 0 unspecified atom stereocenters. The van der Waals surface area contributed by atoms with Crippen LogP contribution in [0.3, 0.4) is 0 Å². The van der Waals surface area contributed by atoms with Gasteiger partial charge in [-0.1, -0.05) is 0 Å². The number of fused-ring (bicyclic) bond motifs is 12. The average Bonchev–Trinajstić information content (AvgIpc) is 2.98. The van der Waals surface area contributed by atoms with Crippen molar-refractivity contribution in [1.82, 2.24) is 59.8 Å². The third-order valence-corrected chi connectivity index (χ3v) is 5.54. The van der Waals surface area contributed by atoms with Crippen molar-refractivity contribution >= 4 is 66.2 Å². The summed E-state index contributed by atoms with van der Waals surface area (Å²) < 4.78 is 0. The van der Waals surface area contributed by atoms with Gasteiger partial charge in [0, 0.05) is 74.4 Å². The molecule has 16 nitrogen and oxygen atoms in total. The summed E-state index contributed by atoms with van der Waals surface area (Å²) in [5, 5.41) is 0. The molecule has 0 amide bonds. The second-order valence-corrected chi connectivity index (χ2v) is 7.52. The molecule has 0 aliphatic carbocycles. The molecule has 0 spiro atoms. The van der Waals surface area contributed by atoms with Crippen molar-refractivity contribution in [1.29, 1.82) is 0 Å². The first-order valence-corrected chi connectivity index (χ1v) is 10.8. The third-order valence-electron chi connectivity index (χ3n) is 5.54. The minimum Gasteiger partial charge on any atom is -0.412 e.